The molecule has 0 atom stereocenters. The second-order valence-corrected chi connectivity index (χ2v) is 4.51. The number of halogens is 1. The highest BCUT2D eigenvalue weighted by atomic mass is 19.1. The number of likely N-dealkylation sites (N-methyl/N-ethyl adjacent to an activating group) is 1. The van der Waals surface area contributed by atoms with Gasteiger partial charge in [-0.2, -0.15) is 0 Å². The predicted octanol–water partition coefficient (Wildman–Crippen LogP) is 1.49. The number of aliphatic carboxylic acids is 1. The molecule has 0 unspecified atom stereocenters. The van der Waals surface area contributed by atoms with Gasteiger partial charge in [0.2, 0.25) is 0 Å². The fourth-order valence-electron chi connectivity index (χ4n) is 2.14. The minimum absolute atomic E-state index is 0.0144. The van der Waals surface area contributed by atoms with E-state index in [9.17, 15) is 14.0 Å². The van der Waals surface area contributed by atoms with Crippen LogP contribution >= 0.6 is 0 Å². The van der Waals surface area contributed by atoms with E-state index in [4.69, 9.17) is 5.11 Å². The third-order valence-electron chi connectivity index (χ3n) is 3.09. The van der Waals surface area contributed by atoms with Crippen molar-refractivity contribution in [2.75, 3.05) is 25.2 Å². The van der Waals surface area contributed by atoms with Crippen molar-refractivity contribution in [2.45, 2.75) is 6.54 Å². The van der Waals surface area contributed by atoms with Gasteiger partial charge in [0, 0.05) is 24.2 Å². The molecule has 0 aliphatic carbocycles. The summed E-state index contributed by atoms with van der Waals surface area (Å²) in [6.45, 7) is -0.713. The molecule has 0 amide bonds. The monoisotopic (exact) mass is 278 g/mol. The average molecular weight is 278 g/mol. The van der Waals surface area contributed by atoms with Gasteiger partial charge in [0.15, 0.2) is 0 Å². The van der Waals surface area contributed by atoms with Crippen molar-refractivity contribution in [1.29, 1.82) is 0 Å². The molecular formula is C14H15FN2O3. The Morgan fingerprint density at radius 3 is 2.75 bits per heavy atom. The quantitative estimate of drug-likeness (QED) is 0.900. The van der Waals surface area contributed by atoms with Crippen LogP contribution in [0.3, 0.4) is 0 Å². The number of fused-ring (bicyclic) bond motifs is 1. The molecule has 0 fully saturated rings. The van der Waals surface area contributed by atoms with Crippen LogP contribution in [0.1, 0.15) is 0 Å². The molecule has 5 nitrogen and oxygen atoms in total. The van der Waals surface area contributed by atoms with Crippen LogP contribution in [-0.2, 0) is 11.3 Å². The molecule has 0 aliphatic heterocycles. The molecule has 1 aromatic carbocycles. The Bertz CT molecular complexity index is 696. The molecule has 1 aromatic heterocycles. The predicted molar refractivity (Wildman–Crippen MR) is 75.1 cm³/mol. The summed E-state index contributed by atoms with van der Waals surface area (Å²) in [5.74, 6) is -0.921. The SMILES string of the molecule is CN(CC(=O)O)c1ccc2c(ccc(=O)n2CCF)c1. The van der Waals surface area contributed by atoms with Crippen molar-refractivity contribution < 1.29 is 14.3 Å². The number of hydrogen-bond donors (Lipinski definition) is 1. The van der Waals surface area contributed by atoms with E-state index in [-0.39, 0.29) is 18.6 Å². The molecule has 0 saturated carbocycles. The highest BCUT2D eigenvalue weighted by molar-refractivity contribution is 5.84. The van der Waals surface area contributed by atoms with Crippen LogP contribution in [0.4, 0.5) is 10.1 Å². The summed E-state index contributed by atoms with van der Waals surface area (Å²) in [6.07, 6.45) is 0. The topological polar surface area (TPSA) is 62.5 Å². The number of rotatable bonds is 5. The summed E-state index contributed by atoms with van der Waals surface area (Å²) < 4.78 is 13.9. The van der Waals surface area contributed by atoms with Crippen LogP contribution in [0.25, 0.3) is 10.9 Å². The van der Waals surface area contributed by atoms with Gasteiger partial charge in [-0.3, -0.25) is 9.59 Å². The van der Waals surface area contributed by atoms with E-state index in [1.165, 1.54) is 10.6 Å². The van der Waals surface area contributed by atoms with E-state index in [2.05, 4.69) is 0 Å². The molecule has 0 saturated heterocycles. The van der Waals surface area contributed by atoms with Gasteiger partial charge in [-0.05, 0) is 24.3 Å². The highest BCUT2D eigenvalue weighted by Gasteiger charge is 2.08. The second kappa shape index (κ2) is 5.73. The molecule has 0 bridgehead atoms. The van der Waals surface area contributed by atoms with E-state index in [1.54, 1.807) is 36.2 Å². The van der Waals surface area contributed by atoms with Crippen LogP contribution in [0.2, 0.25) is 0 Å². The number of pyridine rings is 1. The number of hydrogen-bond acceptors (Lipinski definition) is 3. The number of carboxylic acids is 1. The molecule has 1 heterocycles. The maximum atomic E-state index is 12.5. The zero-order valence-corrected chi connectivity index (χ0v) is 11.0. The maximum absolute atomic E-state index is 12.5. The Kier molecular flexibility index (Phi) is 4.02. The number of aryl methyl sites for hydroxylation is 1. The molecule has 0 radical (unpaired) electrons. The zero-order chi connectivity index (χ0) is 14.7. The van der Waals surface area contributed by atoms with Crippen LogP contribution < -0.4 is 10.5 Å². The van der Waals surface area contributed by atoms with Gasteiger partial charge in [0.05, 0.1) is 12.1 Å². The normalized spacial score (nSPS) is 10.7. The first-order valence-corrected chi connectivity index (χ1v) is 6.15. The van der Waals surface area contributed by atoms with Crippen molar-refractivity contribution >= 4 is 22.6 Å². The number of aromatic nitrogens is 1. The van der Waals surface area contributed by atoms with Crippen molar-refractivity contribution in [3.05, 3.63) is 40.7 Å². The molecule has 106 valence electrons. The Morgan fingerprint density at radius 2 is 2.10 bits per heavy atom. The summed E-state index contributed by atoms with van der Waals surface area (Å²) in [4.78, 5) is 24.0. The summed E-state index contributed by atoms with van der Waals surface area (Å²) >= 11 is 0. The van der Waals surface area contributed by atoms with Gasteiger partial charge in [-0.1, -0.05) is 0 Å². The molecule has 2 aromatic rings. The smallest absolute Gasteiger partial charge is 0.323 e. The van der Waals surface area contributed by atoms with Crippen LogP contribution in [-0.4, -0.2) is 35.9 Å². The summed E-state index contributed by atoms with van der Waals surface area (Å²) in [5, 5.41) is 9.55. The number of carbonyl (C=O) groups is 1. The van der Waals surface area contributed by atoms with Gasteiger partial charge < -0.3 is 14.6 Å². The summed E-state index contributed by atoms with van der Waals surface area (Å²) in [7, 11) is 1.67. The first-order chi connectivity index (χ1) is 9.52. The van der Waals surface area contributed by atoms with Crippen LogP contribution in [0.5, 0.6) is 0 Å². The molecule has 20 heavy (non-hydrogen) atoms. The first-order valence-electron chi connectivity index (χ1n) is 6.15. The Labute approximate surface area is 114 Å². The lowest BCUT2D eigenvalue weighted by Crippen LogP contribution is -2.25. The highest BCUT2D eigenvalue weighted by Crippen LogP contribution is 2.20. The van der Waals surface area contributed by atoms with Crippen LogP contribution in [0.15, 0.2) is 35.1 Å². The second-order valence-electron chi connectivity index (χ2n) is 4.51. The van der Waals surface area contributed by atoms with E-state index < -0.39 is 12.6 Å². The van der Waals surface area contributed by atoms with Gasteiger partial charge in [0.1, 0.15) is 13.2 Å². The third kappa shape index (κ3) is 2.79. The van der Waals surface area contributed by atoms with Crippen molar-refractivity contribution in [1.82, 2.24) is 4.57 Å². The third-order valence-corrected chi connectivity index (χ3v) is 3.09. The molecular weight excluding hydrogens is 263 g/mol. The Morgan fingerprint density at radius 1 is 1.35 bits per heavy atom. The zero-order valence-electron chi connectivity index (χ0n) is 11.0. The first kappa shape index (κ1) is 14.0. The lowest BCUT2D eigenvalue weighted by Gasteiger charge is -2.18. The maximum Gasteiger partial charge on any atom is 0.323 e. The Balaban J connectivity index is 2.48. The number of nitrogens with zero attached hydrogens (tertiary/aromatic N) is 2. The van der Waals surface area contributed by atoms with E-state index >= 15 is 0 Å². The number of carboxylic acid groups (broad SMARTS) is 1. The number of anilines is 1. The van der Waals surface area contributed by atoms with Gasteiger partial charge >= 0.3 is 5.97 Å². The minimum Gasteiger partial charge on any atom is -0.480 e. The molecule has 6 heteroatoms. The molecule has 2 rings (SSSR count). The fourth-order valence-corrected chi connectivity index (χ4v) is 2.14. The van der Waals surface area contributed by atoms with E-state index in [1.807, 2.05) is 0 Å². The largest absolute Gasteiger partial charge is 0.480 e. The summed E-state index contributed by atoms with van der Waals surface area (Å²) in [5.41, 5.74) is 1.12. The number of benzene rings is 1. The van der Waals surface area contributed by atoms with Gasteiger partial charge in [-0.15, -0.1) is 0 Å². The minimum atomic E-state index is -0.921. The summed E-state index contributed by atoms with van der Waals surface area (Å²) in [6, 6.07) is 8.26. The van der Waals surface area contributed by atoms with Crippen molar-refractivity contribution in [3.63, 3.8) is 0 Å². The molecule has 0 aliphatic rings. The Hall–Kier alpha value is -2.37. The average Bonchev–Trinajstić information content (AvgIpc) is 2.41. The van der Waals surface area contributed by atoms with Gasteiger partial charge in [0.25, 0.3) is 5.56 Å². The van der Waals surface area contributed by atoms with E-state index in [0.29, 0.717) is 5.52 Å². The van der Waals surface area contributed by atoms with Crippen molar-refractivity contribution in [3.8, 4) is 0 Å². The molecule has 1 N–H and O–H groups in total. The molecule has 0 spiro atoms. The lowest BCUT2D eigenvalue weighted by atomic mass is 10.2. The van der Waals surface area contributed by atoms with Crippen molar-refractivity contribution in [2.24, 2.45) is 0 Å². The fraction of sp³-hybridized carbons (Fsp3) is 0.286. The van der Waals surface area contributed by atoms with E-state index in [0.717, 1.165) is 11.1 Å². The van der Waals surface area contributed by atoms with Crippen LogP contribution in [0, 0.1) is 0 Å². The standard InChI is InChI=1S/C14H15FN2O3/c1-16(9-14(19)20)11-3-4-12-10(8-11)2-5-13(18)17(12)7-6-15/h2-5,8H,6-7,9H2,1H3,(H,19,20). The lowest BCUT2D eigenvalue weighted by molar-refractivity contribution is -0.135. The number of alkyl halides is 1. The van der Waals surface area contributed by atoms with Gasteiger partial charge in [-0.25, -0.2) is 4.39 Å².